The number of para-hydroxylation sites is 1. The Kier molecular flexibility index (Phi) is 3.13. The molecule has 0 amide bonds. The molecule has 0 radical (unpaired) electrons. The maximum absolute atomic E-state index is 13.3. The van der Waals surface area contributed by atoms with E-state index in [4.69, 9.17) is 0 Å². The fourth-order valence-electron chi connectivity index (χ4n) is 4.09. The molecule has 0 aliphatic carbocycles. The van der Waals surface area contributed by atoms with Gasteiger partial charge in [-0.2, -0.15) is 0 Å². The Bertz CT molecular complexity index is 1140. The number of nitrogens with one attached hydrogen (secondary N) is 1. The highest BCUT2D eigenvalue weighted by molar-refractivity contribution is 6.04. The van der Waals surface area contributed by atoms with Gasteiger partial charge < -0.3 is 14.8 Å². The minimum Gasteiger partial charge on any atom is -0.494 e. The topological polar surface area (TPSA) is 61.2 Å². The SMILES string of the molecule is Oc1[nH]c(O)c(-c2cn3c4c(cccc24)CCC3)c1-c1ccc(F)cc1. The van der Waals surface area contributed by atoms with Crippen molar-refractivity contribution in [2.24, 2.45) is 0 Å². The van der Waals surface area contributed by atoms with Crippen LogP contribution in [0.2, 0.25) is 0 Å². The maximum atomic E-state index is 13.3. The third kappa shape index (κ3) is 2.07. The van der Waals surface area contributed by atoms with Gasteiger partial charge in [-0.05, 0) is 36.1 Å². The maximum Gasteiger partial charge on any atom is 0.200 e. The molecule has 0 fully saturated rings. The minimum absolute atomic E-state index is 0.0921. The average molecular weight is 348 g/mol. The van der Waals surface area contributed by atoms with Crippen LogP contribution in [0.5, 0.6) is 11.8 Å². The van der Waals surface area contributed by atoms with Crippen LogP contribution in [0.1, 0.15) is 12.0 Å². The molecular weight excluding hydrogens is 331 g/mol. The molecular formula is C21H17FN2O2. The first kappa shape index (κ1) is 15.1. The molecule has 1 aliphatic heterocycles. The lowest BCUT2D eigenvalue weighted by molar-refractivity contribution is 0.426. The number of rotatable bonds is 2. The predicted octanol–water partition coefficient (Wildman–Crippen LogP) is 4.80. The number of aryl methyl sites for hydroxylation is 2. The Morgan fingerprint density at radius 1 is 0.962 bits per heavy atom. The first-order valence-corrected chi connectivity index (χ1v) is 8.64. The highest BCUT2D eigenvalue weighted by atomic mass is 19.1. The molecule has 26 heavy (non-hydrogen) atoms. The van der Waals surface area contributed by atoms with Crippen LogP contribution in [-0.4, -0.2) is 19.8 Å². The van der Waals surface area contributed by atoms with Crippen molar-refractivity contribution in [3.05, 3.63) is 60.0 Å². The Labute approximate surface area is 149 Å². The smallest absolute Gasteiger partial charge is 0.200 e. The summed E-state index contributed by atoms with van der Waals surface area (Å²) in [6.45, 7) is 0.927. The fourth-order valence-corrected chi connectivity index (χ4v) is 4.09. The summed E-state index contributed by atoms with van der Waals surface area (Å²) in [6, 6.07) is 12.1. The molecule has 0 unspecified atom stereocenters. The Morgan fingerprint density at radius 3 is 2.54 bits per heavy atom. The lowest BCUT2D eigenvalue weighted by Crippen LogP contribution is -2.05. The number of hydrogen-bond acceptors (Lipinski definition) is 2. The molecule has 0 spiro atoms. The number of nitrogens with zero attached hydrogens (tertiary/aromatic N) is 1. The standard InChI is InChI=1S/C21H17FN2O2/c22-14-8-6-12(7-9-14)17-18(21(26)23-20(17)25)16-11-24-10-2-4-13-3-1-5-15(16)19(13)24/h1,3,5-9,11,23,25-26H,2,4,10H2. The van der Waals surface area contributed by atoms with E-state index in [1.165, 1.54) is 23.2 Å². The van der Waals surface area contributed by atoms with Gasteiger partial charge in [0.05, 0.1) is 16.6 Å². The van der Waals surface area contributed by atoms with Gasteiger partial charge in [-0.3, -0.25) is 4.98 Å². The van der Waals surface area contributed by atoms with Gasteiger partial charge >= 0.3 is 0 Å². The Balaban J connectivity index is 1.82. The molecule has 3 heterocycles. The number of aromatic hydroxyl groups is 2. The third-order valence-corrected chi connectivity index (χ3v) is 5.19. The van der Waals surface area contributed by atoms with E-state index in [1.807, 2.05) is 18.3 Å². The lowest BCUT2D eigenvalue weighted by Gasteiger charge is -2.14. The van der Waals surface area contributed by atoms with Crippen LogP contribution in [0, 0.1) is 5.82 Å². The second-order valence-electron chi connectivity index (χ2n) is 6.73. The van der Waals surface area contributed by atoms with E-state index >= 15 is 0 Å². The van der Waals surface area contributed by atoms with E-state index in [9.17, 15) is 14.6 Å². The molecule has 4 aromatic rings. The van der Waals surface area contributed by atoms with Gasteiger partial charge in [0.25, 0.3) is 0 Å². The Morgan fingerprint density at radius 2 is 1.73 bits per heavy atom. The summed E-state index contributed by atoms with van der Waals surface area (Å²) in [6.07, 6.45) is 4.15. The monoisotopic (exact) mass is 348 g/mol. The number of aromatic nitrogens is 2. The average Bonchev–Trinajstić information content (AvgIpc) is 3.14. The van der Waals surface area contributed by atoms with Crippen LogP contribution in [0.3, 0.4) is 0 Å². The van der Waals surface area contributed by atoms with Crippen LogP contribution in [0.25, 0.3) is 33.2 Å². The number of aromatic amines is 1. The highest BCUT2D eigenvalue weighted by Gasteiger charge is 2.25. The van der Waals surface area contributed by atoms with Crippen molar-refractivity contribution in [2.45, 2.75) is 19.4 Å². The van der Waals surface area contributed by atoms with Crippen molar-refractivity contribution in [1.82, 2.24) is 9.55 Å². The summed E-state index contributed by atoms with van der Waals surface area (Å²) in [5.41, 5.74) is 4.99. The summed E-state index contributed by atoms with van der Waals surface area (Å²) in [7, 11) is 0. The van der Waals surface area contributed by atoms with Gasteiger partial charge in [-0.1, -0.05) is 30.3 Å². The summed E-state index contributed by atoms with van der Waals surface area (Å²) in [5.74, 6) is -0.566. The summed E-state index contributed by atoms with van der Waals surface area (Å²) in [5, 5.41) is 21.9. The molecule has 0 bridgehead atoms. The van der Waals surface area contributed by atoms with E-state index in [0.717, 1.165) is 30.3 Å². The molecule has 4 nitrogen and oxygen atoms in total. The lowest BCUT2D eigenvalue weighted by atomic mass is 9.96. The van der Waals surface area contributed by atoms with Gasteiger partial charge in [0.2, 0.25) is 0 Å². The van der Waals surface area contributed by atoms with Crippen molar-refractivity contribution in [2.75, 3.05) is 0 Å². The molecule has 3 N–H and O–H groups in total. The normalized spacial score (nSPS) is 13.4. The van der Waals surface area contributed by atoms with Crippen molar-refractivity contribution >= 4 is 10.9 Å². The van der Waals surface area contributed by atoms with Crippen LogP contribution >= 0.6 is 0 Å². The molecule has 5 rings (SSSR count). The van der Waals surface area contributed by atoms with E-state index in [2.05, 4.69) is 15.6 Å². The van der Waals surface area contributed by atoms with Crippen LogP contribution in [0.15, 0.2) is 48.7 Å². The van der Waals surface area contributed by atoms with E-state index < -0.39 is 0 Å². The largest absolute Gasteiger partial charge is 0.494 e. The van der Waals surface area contributed by atoms with Crippen molar-refractivity contribution in [3.8, 4) is 34.0 Å². The molecule has 2 aromatic heterocycles. The highest BCUT2D eigenvalue weighted by Crippen LogP contribution is 2.47. The second kappa shape index (κ2) is 5.39. The van der Waals surface area contributed by atoms with E-state index in [-0.39, 0.29) is 17.6 Å². The fraction of sp³-hybridized carbons (Fsp3) is 0.143. The van der Waals surface area contributed by atoms with Crippen LogP contribution < -0.4 is 0 Å². The number of benzene rings is 2. The zero-order valence-electron chi connectivity index (χ0n) is 14.0. The summed E-state index contributed by atoms with van der Waals surface area (Å²) < 4.78 is 15.5. The zero-order chi connectivity index (χ0) is 17.8. The number of halogens is 1. The molecule has 1 aliphatic rings. The van der Waals surface area contributed by atoms with Crippen LogP contribution in [-0.2, 0) is 13.0 Å². The molecule has 130 valence electrons. The Hall–Kier alpha value is -3.21. The van der Waals surface area contributed by atoms with Gasteiger partial charge in [-0.15, -0.1) is 0 Å². The van der Waals surface area contributed by atoms with Crippen molar-refractivity contribution in [1.29, 1.82) is 0 Å². The van der Waals surface area contributed by atoms with Gasteiger partial charge in [0.15, 0.2) is 11.8 Å². The van der Waals surface area contributed by atoms with Crippen molar-refractivity contribution < 1.29 is 14.6 Å². The molecule has 0 saturated carbocycles. The minimum atomic E-state index is -0.346. The number of hydrogen-bond donors (Lipinski definition) is 3. The zero-order valence-corrected chi connectivity index (χ0v) is 14.0. The second-order valence-corrected chi connectivity index (χ2v) is 6.73. The molecule has 2 aromatic carbocycles. The molecule has 0 saturated heterocycles. The molecule has 5 heteroatoms. The van der Waals surface area contributed by atoms with Crippen molar-refractivity contribution in [3.63, 3.8) is 0 Å². The van der Waals surface area contributed by atoms with Gasteiger partial charge in [-0.25, -0.2) is 4.39 Å². The predicted molar refractivity (Wildman–Crippen MR) is 98.8 cm³/mol. The summed E-state index contributed by atoms with van der Waals surface area (Å²) in [4.78, 5) is 2.62. The van der Waals surface area contributed by atoms with Gasteiger partial charge in [0, 0.05) is 23.7 Å². The van der Waals surface area contributed by atoms with Crippen LogP contribution in [0.4, 0.5) is 4.39 Å². The summed E-state index contributed by atoms with van der Waals surface area (Å²) >= 11 is 0. The first-order valence-electron chi connectivity index (χ1n) is 8.64. The van der Waals surface area contributed by atoms with E-state index in [1.54, 1.807) is 12.1 Å². The third-order valence-electron chi connectivity index (χ3n) is 5.19. The molecule has 0 atom stereocenters. The first-order chi connectivity index (χ1) is 12.6. The van der Waals surface area contributed by atoms with E-state index in [0.29, 0.717) is 16.7 Å². The quantitative estimate of drug-likeness (QED) is 0.487. The number of H-pyrrole nitrogens is 1. The van der Waals surface area contributed by atoms with Gasteiger partial charge in [0.1, 0.15) is 5.82 Å².